The van der Waals surface area contributed by atoms with E-state index in [4.69, 9.17) is 38.5 Å². The standard InChI is InChI=1S/2Mo.2H3O4P.H2S2/c;;2*1-5(2,3)4;1-2/h;;2*(H3,1,2,3,4);1-2H. The minimum atomic E-state index is -4.64. The van der Waals surface area contributed by atoms with E-state index in [2.05, 4.69) is 23.3 Å². The molecule has 90 valence electrons. The molecule has 0 radical (unpaired) electrons. The Morgan fingerprint density at radius 1 is 0.643 bits per heavy atom. The van der Waals surface area contributed by atoms with E-state index in [0.29, 0.717) is 0 Å². The molecule has 0 atom stereocenters. The number of thiol groups is 2. The first-order chi connectivity index (χ1) is 5.00. The van der Waals surface area contributed by atoms with E-state index in [1.54, 1.807) is 0 Å². The molecule has 0 bridgehead atoms. The van der Waals surface area contributed by atoms with Gasteiger partial charge < -0.3 is 29.4 Å². The Balaban J connectivity index is -0.0000000292. The molecule has 0 rings (SSSR count). The Morgan fingerprint density at radius 3 is 0.643 bits per heavy atom. The van der Waals surface area contributed by atoms with Crippen molar-refractivity contribution >= 4 is 39.0 Å². The SMILES string of the molecule is O=P(O)(O)O.O=P(O)(O)O.SS.[Mo].[Mo]. The average Bonchev–Trinajstić information content (AvgIpc) is 1.59. The molecule has 0 spiro atoms. The monoisotopic (exact) mass is 458 g/mol. The third-order valence-electron chi connectivity index (χ3n) is 0. The van der Waals surface area contributed by atoms with Gasteiger partial charge >= 0.3 is 15.6 Å². The third-order valence-corrected chi connectivity index (χ3v) is 0. The molecular formula is H8Mo2O8P2S2. The Morgan fingerprint density at radius 2 is 0.643 bits per heavy atom. The van der Waals surface area contributed by atoms with Gasteiger partial charge in [-0.2, -0.15) is 0 Å². The van der Waals surface area contributed by atoms with Crippen molar-refractivity contribution in [3.63, 3.8) is 0 Å². The Kier molecular flexibility index (Phi) is 32.6. The summed E-state index contributed by atoms with van der Waals surface area (Å²) in [5.74, 6) is 0. The molecule has 6 N–H and O–H groups in total. The van der Waals surface area contributed by atoms with Gasteiger partial charge in [0.25, 0.3) is 0 Å². The van der Waals surface area contributed by atoms with Crippen molar-refractivity contribution in [1.82, 2.24) is 0 Å². The molecule has 14 heteroatoms. The molecule has 0 heterocycles. The van der Waals surface area contributed by atoms with E-state index in [-0.39, 0.29) is 42.1 Å². The molecule has 0 aliphatic heterocycles. The van der Waals surface area contributed by atoms with Gasteiger partial charge in [-0.15, -0.1) is 23.3 Å². The van der Waals surface area contributed by atoms with Crippen LogP contribution in [-0.2, 0) is 51.3 Å². The van der Waals surface area contributed by atoms with Crippen LogP contribution in [0.4, 0.5) is 0 Å². The molecule has 0 aliphatic rings. The van der Waals surface area contributed by atoms with Crippen molar-refractivity contribution in [3.8, 4) is 0 Å². The summed E-state index contributed by atoms with van der Waals surface area (Å²) < 4.78 is 17.8. The van der Waals surface area contributed by atoms with Crippen molar-refractivity contribution in [2.45, 2.75) is 0 Å². The summed E-state index contributed by atoms with van der Waals surface area (Å²) in [5, 5.41) is 0. The zero-order valence-corrected chi connectivity index (χ0v) is 13.7. The summed E-state index contributed by atoms with van der Waals surface area (Å²) in [6.45, 7) is 0. The van der Waals surface area contributed by atoms with Crippen LogP contribution in [0, 0.1) is 0 Å². The van der Waals surface area contributed by atoms with Crippen molar-refractivity contribution in [3.05, 3.63) is 0 Å². The van der Waals surface area contributed by atoms with E-state index in [1.165, 1.54) is 0 Å². The number of hydrogen-bond acceptors (Lipinski definition) is 4. The third kappa shape index (κ3) is 479. The predicted molar refractivity (Wildman–Crippen MR) is 46.5 cm³/mol. The zero-order chi connectivity index (χ0) is 11.0. The van der Waals surface area contributed by atoms with Crippen LogP contribution in [0.1, 0.15) is 0 Å². The fraction of sp³-hybridized carbons (Fsp3) is 0. The number of phosphoric acid groups is 2. The topological polar surface area (TPSA) is 156 Å². The molecule has 0 saturated heterocycles. The van der Waals surface area contributed by atoms with Crippen molar-refractivity contribution in [2.24, 2.45) is 0 Å². The zero-order valence-electron chi connectivity index (χ0n) is 6.11. The molecule has 0 aromatic heterocycles. The van der Waals surface area contributed by atoms with Crippen LogP contribution in [0.25, 0.3) is 0 Å². The molecule has 0 aliphatic carbocycles. The van der Waals surface area contributed by atoms with E-state index < -0.39 is 15.6 Å². The van der Waals surface area contributed by atoms with Crippen LogP contribution < -0.4 is 0 Å². The van der Waals surface area contributed by atoms with Gasteiger partial charge in [0.05, 0.1) is 0 Å². The van der Waals surface area contributed by atoms with Gasteiger partial charge in [0.15, 0.2) is 0 Å². The molecule has 8 nitrogen and oxygen atoms in total. The van der Waals surface area contributed by atoms with Gasteiger partial charge in [-0.1, -0.05) is 0 Å². The summed E-state index contributed by atoms with van der Waals surface area (Å²) in [6.07, 6.45) is 0. The van der Waals surface area contributed by atoms with Crippen LogP contribution in [0.3, 0.4) is 0 Å². The van der Waals surface area contributed by atoms with Crippen molar-refractivity contribution < 1.29 is 80.6 Å². The Labute approximate surface area is 119 Å². The van der Waals surface area contributed by atoms with Gasteiger partial charge in [-0.3, -0.25) is 0 Å². The maximum Gasteiger partial charge on any atom is 0.466 e. The summed E-state index contributed by atoms with van der Waals surface area (Å²) in [4.78, 5) is 43.1. The summed E-state index contributed by atoms with van der Waals surface area (Å²) in [5.41, 5.74) is 0. The predicted octanol–water partition coefficient (Wildman–Crippen LogP) is -1.10. The number of hydrogen-bond donors (Lipinski definition) is 8. The van der Waals surface area contributed by atoms with Gasteiger partial charge in [0.2, 0.25) is 0 Å². The fourth-order valence-corrected chi connectivity index (χ4v) is 0. The van der Waals surface area contributed by atoms with Gasteiger partial charge in [0.1, 0.15) is 0 Å². The Bertz CT molecular complexity index is 136. The Hall–Kier alpha value is 2.30. The van der Waals surface area contributed by atoms with E-state index in [0.717, 1.165) is 0 Å². The second-order valence-electron chi connectivity index (χ2n) is 1.03. The molecule has 0 aromatic carbocycles. The second kappa shape index (κ2) is 15.3. The fourth-order valence-electron chi connectivity index (χ4n) is 0. The van der Waals surface area contributed by atoms with Crippen LogP contribution in [0.15, 0.2) is 0 Å². The normalized spacial score (nSPS) is 8.86. The molecule has 0 saturated carbocycles. The largest absolute Gasteiger partial charge is 0.466 e. The summed E-state index contributed by atoms with van der Waals surface area (Å²) in [7, 11) is -9.28. The van der Waals surface area contributed by atoms with E-state index in [9.17, 15) is 0 Å². The van der Waals surface area contributed by atoms with Gasteiger partial charge in [0, 0.05) is 42.1 Å². The maximum absolute atomic E-state index is 8.88. The van der Waals surface area contributed by atoms with Crippen LogP contribution in [-0.4, -0.2) is 29.4 Å². The maximum atomic E-state index is 8.88. The average molecular weight is 454 g/mol. The van der Waals surface area contributed by atoms with E-state index in [1.807, 2.05) is 0 Å². The van der Waals surface area contributed by atoms with Crippen LogP contribution in [0.2, 0.25) is 0 Å². The summed E-state index contributed by atoms with van der Waals surface area (Å²) in [6, 6.07) is 0. The first-order valence-corrected chi connectivity index (χ1v) is 6.50. The minimum Gasteiger partial charge on any atom is -0.303 e. The van der Waals surface area contributed by atoms with Crippen molar-refractivity contribution in [1.29, 1.82) is 0 Å². The first-order valence-electron chi connectivity index (χ1n) is 1.77. The summed E-state index contributed by atoms with van der Waals surface area (Å²) >= 11 is 6.44. The van der Waals surface area contributed by atoms with Gasteiger partial charge in [-0.05, 0) is 0 Å². The molecular weight excluding hydrogens is 446 g/mol. The minimum absolute atomic E-state index is 0. The second-order valence-corrected chi connectivity index (χ2v) is 3.08. The van der Waals surface area contributed by atoms with E-state index >= 15 is 0 Å². The first kappa shape index (κ1) is 29.9. The molecule has 0 aromatic rings. The molecule has 0 amide bonds. The van der Waals surface area contributed by atoms with Crippen LogP contribution >= 0.6 is 39.0 Å². The number of rotatable bonds is 0. The molecule has 14 heavy (non-hydrogen) atoms. The van der Waals surface area contributed by atoms with Gasteiger partial charge in [-0.25, -0.2) is 9.13 Å². The van der Waals surface area contributed by atoms with Crippen LogP contribution in [0.5, 0.6) is 0 Å². The molecule has 0 unspecified atom stereocenters. The quantitative estimate of drug-likeness (QED) is 0.0994. The van der Waals surface area contributed by atoms with Crippen molar-refractivity contribution in [2.75, 3.05) is 0 Å². The smallest absolute Gasteiger partial charge is 0.303 e. The molecule has 0 fully saturated rings.